The van der Waals surface area contributed by atoms with Gasteiger partial charge in [-0.1, -0.05) is 75.7 Å². The second kappa shape index (κ2) is 18.0. The molecule has 12 heteroatoms. The monoisotopic (exact) mass is 789 g/mol. The summed E-state index contributed by atoms with van der Waals surface area (Å²) in [5, 5.41) is 2.29. The first-order chi connectivity index (χ1) is 27.8. The van der Waals surface area contributed by atoms with Crippen LogP contribution < -0.4 is 5.73 Å². The van der Waals surface area contributed by atoms with Crippen LogP contribution in [0.4, 0.5) is 4.79 Å². The Morgan fingerprint density at radius 3 is 2.14 bits per heavy atom. The third-order valence-electron chi connectivity index (χ3n) is 11.0. The van der Waals surface area contributed by atoms with E-state index in [0.29, 0.717) is 19.0 Å². The van der Waals surface area contributed by atoms with Crippen LogP contribution in [0.25, 0.3) is 44.4 Å². The number of benzene rings is 3. The van der Waals surface area contributed by atoms with Gasteiger partial charge in [0.25, 0.3) is 0 Å². The second-order valence-corrected chi connectivity index (χ2v) is 17.2. The molecule has 3 fully saturated rings. The fourth-order valence-electron chi connectivity index (χ4n) is 8.04. The van der Waals surface area contributed by atoms with Gasteiger partial charge in [-0.05, 0) is 104 Å². The number of rotatable bonds is 10. The summed E-state index contributed by atoms with van der Waals surface area (Å²) in [7, 11) is 1.55. The summed E-state index contributed by atoms with van der Waals surface area (Å²) in [6.45, 7) is 13.4. The Balaban J connectivity index is 0.000000892. The highest BCUT2D eigenvalue weighted by Crippen LogP contribution is 2.50. The van der Waals surface area contributed by atoms with Crippen molar-refractivity contribution >= 4 is 29.2 Å². The van der Waals surface area contributed by atoms with Gasteiger partial charge >= 0.3 is 6.09 Å². The molecule has 3 atom stereocenters. The van der Waals surface area contributed by atoms with Gasteiger partial charge in [-0.15, -0.1) is 0 Å². The first-order valence-electron chi connectivity index (χ1n) is 20.5. The number of imidazole rings is 2. The van der Waals surface area contributed by atoms with Gasteiger partial charge in [0.1, 0.15) is 23.9 Å². The van der Waals surface area contributed by atoms with E-state index in [9.17, 15) is 9.59 Å². The van der Waals surface area contributed by atoms with Crippen LogP contribution >= 0.6 is 0 Å². The second-order valence-electron chi connectivity index (χ2n) is 17.2. The van der Waals surface area contributed by atoms with E-state index >= 15 is 0 Å². The number of carbonyl (C=O) groups is 3. The zero-order chi connectivity index (χ0) is 41.6. The lowest BCUT2D eigenvalue weighted by Crippen LogP contribution is -2.43. The standard InChI is InChI=1S/C42H48N6O4.C3H8.CH3NO/c1-41(2,3)52-40(50)48-33-15-14-32(20-33)38(48)39-44-22-34(46-39)27-8-6-26(7-9-27)28-10-11-30-19-31(13-12-29(30)18-28)35-21-43-36(45-35)23-47(37(49)24-51-5)25-42(4)16-17-42;1-3-2;2-1-3/h6-13,18-19,21-22,32-33,38H,14-17,20,23-25H2,1-5H3,(H,43,45)(H,44,46);3H2,1-2H3;1H,(H2,2,3). The van der Waals surface area contributed by atoms with Crippen molar-refractivity contribution in [1.82, 2.24) is 29.7 Å². The number of aromatic amines is 2. The maximum absolute atomic E-state index is 13.2. The number of amides is 3. The molecule has 308 valence electrons. The largest absolute Gasteiger partial charge is 0.444 e. The lowest BCUT2D eigenvalue weighted by atomic mass is 9.98. The molecule has 2 saturated carbocycles. The summed E-state index contributed by atoms with van der Waals surface area (Å²) >= 11 is 0. The number of nitrogens with zero attached hydrogens (tertiary/aromatic N) is 4. The fourth-order valence-corrected chi connectivity index (χ4v) is 8.04. The molecule has 0 radical (unpaired) electrons. The van der Waals surface area contributed by atoms with E-state index in [1.807, 2.05) is 43.0 Å². The number of ether oxygens (including phenoxy) is 2. The number of nitrogens with two attached hydrogens (primary N) is 1. The minimum absolute atomic E-state index is 0.0146. The van der Waals surface area contributed by atoms with Crippen molar-refractivity contribution in [2.45, 2.75) is 104 Å². The van der Waals surface area contributed by atoms with Crippen molar-refractivity contribution in [1.29, 1.82) is 0 Å². The zero-order valence-corrected chi connectivity index (χ0v) is 35.0. The predicted octanol–water partition coefficient (Wildman–Crippen LogP) is 9.04. The van der Waals surface area contributed by atoms with Gasteiger partial charge in [-0.3, -0.25) is 14.5 Å². The molecule has 3 heterocycles. The molecule has 1 saturated heterocycles. The molecule has 0 spiro atoms. The number of fused-ring (bicyclic) bond motifs is 3. The number of hydrogen-bond acceptors (Lipinski definition) is 7. The zero-order valence-electron chi connectivity index (χ0n) is 35.0. The van der Waals surface area contributed by atoms with Gasteiger partial charge in [0.15, 0.2) is 0 Å². The van der Waals surface area contributed by atoms with E-state index in [1.54, 1.807) is 7.11 Å². The van der Waals surface area contributed by atoms with Gasteiger partial charge in [0.2, 0.25) is 12.3 Å². The maximum Gasteiger partial charge on any atom is 0.411 e. The Labute approximate surface area is 341 Å². The number of piperidine rings is 1. The van der Waals surface area contributed by atoms with Gasteiger partial charge < -0.3 is 30.1 Å². The Morgan fingerprint density at radius 2 is 1.50 bits per heavy atom. The van der Waals surface area contributed by atoms with Crippen LogP contribution in [0.5, 0.6) is 0 Å². The number of H-pyrrole nitrogens is 2. The average molecular weight is 790 g/mol. The maximum atomic E-state index is 13.2. The molecule has 8 rings (SSSR count). The third-order valence-corrected chi connectivity index (χ3v) is 11.0. The fraction of sp³-hybridized carbons (Fsp3) is 0.457. The molecule has 3 unspecified atom stereocenters. The van der Waals surface area contributed by atoms with Crippen molar-refractivity contribution in [3.05, 3.63) is 84.7 Å². The molecule has 12 nitrogen and oxygen atoms in total. The highest BCUT2D eigenvalue weighted by atomic mass is 16.6. The van der Waals surface area contributed by atoms with Crippen LogP contribution in [0, 0.1) is 11.3 Å². The van der Waals surface area contributed by atoms with Gasteiger partial charge in [-0.25, -0.2) is 14.8 Å². The summed E-state index contributed by atoms with van der Waals surface area (Å²) in [6.07, 6.45) is 10.4. The van der Waals surface area contributed by atoms with Gasteiger partial charge in [0, 0.05) is 25.3 Å². The molecule has 4 N–H and O–H groups in total. The number of methoxy groups -OCH3 is 1. The lowest BCUT2D eigenvalue weighted by Gasteiger charge is -2.35. The number of nitrogens with one attached hydrogen (secondary N) is 2. The van der Waals surface area contributed by atoms with E-state index in [2.05, 4.69) is 102 Å². The van der Waals surface area contributed by atoms with Crippen LogP contribution in [-0.2, 0) is 25.6 Å². The number of primary amides is 1. The average Bonchev–Trinajstić information content (AvgIpc) is 3.74. The van der Waals surface area contributed by atoms with Crippen LogP contribution in [0.2, 0.25) is 0 Å². The summed E-state index contributed by atoms with van der Waals surface area (Å²) in [5.74, 6) is 1.98. The molecule has 5 aromatic rings. The van der Waals surface area contributed by atoms with Gasteiger partial charge in [-0.2, -0.15) is 0 Å². The lowest BCUT2D eigenvalue weighted by molar-refractivity contribution is -0.136. The summed E-state index contributed by atoms with van der Waals surface area (Å²) in [4.78, 5) is 54.7. The third kappa shape index (κ3) is 9.96. The predicted molar refractivity (Wildman–Crippen MR) is 227 cm³/mol. The van der Waals surface area contributed by atoms with E-state index in [4.69, 9.17) is 19.3 Å². The van der Waals surface area contributed by atoms with E-state index < -0.39 is 5.60 Å². The van der Waals surface area contributed by atoms with Gasteiger partial charge in [0.05, 0.1) is 36.4 Å². The normalized spacial score (nSPS) is 18.8. The van der Waals surface area contributed by atoms with Crippen molar-refractivity contribution in [3.63, 3.8) is 0 Å². The van der Waals surface area contributed by atoms with E-state index in [1.165, 1.54) is 6.42 Å². The van der Waals surface area contributed by atoms with E-state index in [-0.39, 0.29) is 42.5 Å². The summed E-state index contributed by atoms with van der Waals surface area (Å²) in [6, 6.07) is 21.6. The SMILES string of the molecule is CCC.COCC(=O)N(Cc1ncc(-c2ccc3cc(-c4ccc(-c5cnc(C6C7CCC(C7)N6C(=O)OC(C)(C)C)[nH]5)cc4)ccc3c2)[nH]1)CC1(C)CC1.NC=O. The van der Waals surface area contributed by atoms with Crippen molar-refractivity contribution in [2.24, 2.45) is 17.1 Å². The van der Waals surface area contributed by atoms with Crippen LogP contribution in [0.1, 0.15) is 97.8 Å². The topological polar surface area (TPSA) is 160 Å². The smallest absolute Gasteiger partial charge is 0.411 e. The van der Waals surface area contributed by atoms with Crippen LogP contribution in [0.15, 0.2) is 73.1 Å². The summed E-state index contributed by atoms with van der Waals surface area (Å²) in [5.41, 5.74) is 10.1. The molecule has 2 aliphatic carbocycles. The Bertz CT molecular complexity index is 2180. The van der Waals surface area contributed by atoms with Crippen molar-refractivity contribution in [2.75, 3.05) is 20.3 Å². The summed E-state index contributed by atoms with van der Waals surface area (Å²) < 4.78 is 10.9. The number of likely N-dealkylation sites (tertiary alicyclic amines) is 1. The molecule has 3 aromatic carbocycles. The molecular formula is C46H59N7O5. The molecule has 3 aliphatic rings. The Hall–Kier alpha value is -5.49. The quantitative estimate of drug-likeness (QED) is 0.119. The highest BCUT2D eigenvalue weighted by Gasteiger charge is 2.51. The number of hydrogen-bond donors (Lipinski definition) is 3. The Morgan fingerprint density at radius 1 is 0.914 bits per heavy atom. The van der Waals surface area contributed by atoms with Crippen LogP contribution in [0.3, 0.4) is 0 Å². The minimum Gasteiger partial charge on any atom is -0.444 e. The molecule has 2 aromatic heterocycles. The first kappa shape index (κ1) is 42.1. The minimum atomic E-state index is -0.538. The highest BCUT2D eigenvalue weighted by molar-refractivity contribution is 5.90. The van der Waals surface area contributed by atoms with E-state index in [0.717, 1.165) is 88.2 Å². The molecule has 1 aliphatic heterocycles. The molecule has 3 amide bonds. The van der Waals surface area contributed by atoms with Crippen molar-refractivity contribution in [3.8, 4) is 33.6 Å². The Kier molecular flexibility index (Phi) is 13.1. The number of carbonyl (C=O) groups excluding carboxylic acids is 3. The van der Waals surface area contributed by atoms with Crippen molar-refractivity contribution < 1.29 is 23.9 Å². The first-order valence-corrected chi connectivity index (χ1v) is 20.5. The number of aromatic nitrogens is 4. The molecule has 2 bridgehead atoms. The molecule has 58 heavy (non-hydrogen) atoms. The molecular weight excluding hydrogens is 731 g/mol. The van der Waals surface area contributed by atoms with Crippen LogP contribution in [-0.4, -0.2) is 80.1 Å².